The van der Waals surface area contributed by atoms with Crippen LogP contribution in [0.2, 0.25) is 0 Å². The smallest absolute Gasteiger partial charge is 0.123 e. The summed E-state index contributed by atoms with van der Waals surface area (Å²) in [6.07, 6.45) is 5.92. The molecule has 2 aliphatic rings. The Balaban J connectivity index is 1.26. The van der Waals surface area contributed by atoms with Crippen LogP contribution in [-0.4, -0.2) is 18.1 Å². The Morgan fingerprint density at radius 3 is 2.54 bits per heavy atom. The van der Waals surface area contributed by atoms with E-state index in [1.54, 1.807) is 6.07 Å². The number of benzene rings is 2. The largest absolute Gasteiger partial charge is 0.489 e. The summed E-state index contributed by atoms with van der Waals surface area (Å²) in [6.45, 7) is 0.383. The Morgan fingerprint density at radius 2 is 1.81 bits per heavy atom. The molecule has 138 valence electrons. The normalized spacial score (nSPS) is 27.9. The molecule has 0 amide bonds. The summed E-state index contributed by atoms with van der Waals surface area (Å²) in [5.41, 5.74) is 8.20. The van der Waals surface area contributed by atoms with Gasteiger partial charge in [0, 0.05) is 24.0 Å². The van der Waals surface area contributed by atoms with Gasteiger partial charge < -0.3 is 15.8 Å². The Kier molecular flexibility index (Phi) is 5.23. The topological polar surface area (TPSA) is 47.3 Å². The van der Waals surface area contributed by atoms with Gasteiger partial charge in [-0.15, -0.1) is 0 Å². The minimum Gasteiger partial charge on any atom is -0.489 e. The molecule has 0 aromatic heterocycles. The van der Waals surface area contributed by atoms with Gasteiger partial charge in [-0.2, -0.15) is 0 Å². The lowest BCUT2D eigenvalue weighted by atomic mass is 9.92. The third-order valence-electron chi connectivity index (χ3n) is 5.61. The van der Waals surface area contributed by atoms with Crippen molar-refractivity contribution in [2.24, 2.45) is 5.73 Å². The monoisotopic (exact) mass is 354 g/mol. The van der Waals surface area contributed by atoms with Crippen LogP contribution < -0.4 is 15.8 Å². The van der Waals surface area contributed by atoms with Crippen molar-refractivity contribution in [3.63, 3.8) is 0 Å². The van der Waals surface area contributed by atoms with Crippen LogP contribution in [0.1, 0.15) is 49.1 Å². The Hall–Kier alpha value is -1.91. The van der Waals surface area contributed by atoms with Crippen molar-refractivity contribution in [3.05, 3.63) is 65.5 Å². The van der Waals surface area contributed by atoms with E-state index in [0.29, 0.717) is 30.7 Å². The molecular weight excluding hydrogens is 327 g/mol. The van der Waals surface area contributed by atoms with Crippen LogP contribution in [0.25, 0.3) is 0 Å². The van der Waals surface area contributed by atoms with Gasteiger partial charge in [-0.1, -0.05) is 24.3 Å². The maximum Gasteiger partial charge on any atom is 0.123 e. The molecule has 2 aromatic carbocycles. The van der Waals surface area contributed by atoms with Crippen LogP contribution in [0.3, 0.4) is 0 Å². The molecule has 0 radical (unpaired) electrons. The second-order valence-corrected chi connectivity index (χ2v) is 7.71. The number of nitrogens with one attached hydrogen (secondary N) is 1. The van der Waals surface area contributed by atoms with Crippen molar-refractivity contribution in [3.8, 4) is 5.75 Å². The van der Waals surface area contributed by atoms with E-state index < -0.39 is 0 Å². The first-order valence-corrected chi connectivity index (χ1v) is 9.66. The highest BCUT2D eigenvalue weighted by molar-refractivity contribution is 5.34. The number of nitrogens with two attached hydrogens (primary N) is 1. The molecule has 4 heteroatoms. The van der Waals surface area contributed by atoms with Crippen LogP contribution in [0.4, 0.5) is 4.39 Å². The molecule has 0 saturated heterocycles. The quantitative estimate of drug-likeness (QED) is 0.820. The van der Waals surface area contributed by atoms with Crippen LogP contribution in [0.15, 0.2) is 48.5 Å². The minimum absolute atomic E-state index is 0.228. The lowest BCUT2D eigenvalue weighted by Crippen LogP contribution is -2.38. The van der Waals surface area contributed by atoms with Crippen LogP contribution in [0, 0.1) is 5.82 Å². The van der Waals surface area contributed by atoms with Crippen LogP contribution in [0.5, 0.6) is 5.75 Å². The van der Waals surface area contributed by atoms with E-state index in [1.165, 1.54) is 37.0 Å². The van der Waals surface area contributed by atoms with Crippen molar-refractivity contribution in [2.75, 3.05) is 0 Å². The lowest BCUT2D eigenvalue weighted by molar-refractivity contribution is 0.305. The average Bonchev–Trinajstić information content (AvgIpc) is 3.42. The van der Waals surface area contributed by atoms with Crippen LogP contribution >= 0.6 is 0 Å². The fraction of sp³-hybridized carbons (Fsp3) is 0.455. The molecule has 3 nitrogen and oxygen atoms in total. The Morgan fingerprint density at radius 1 is 1.04 bits per heavy atom. The first-order valence-electron chi connectivity index (χ1n) is 9.66. The van der Waals surface area contributed by atoms with E-state index in [9.17, 15) is 4.39 Å². The zero-order valence-corrected chi connectivity index (χ0v) is 15.0. The first-order chi connectivity index (χ1) is 12.7. The number of hydrogen-bond acceptors (Lipinski definition) is 3. The third kappa shape index (κ3) is 4.43. The number of rotatable bonds is 6. The van der Waals surface area contributed by atoms with Crippen molar-refractivity contribution < 1.29 is 9.13 Å². The van der Waals surface area contributed by atoms with Gasteiger partial charge in [-0.3, -0.25) is 0 Å². The number of hydrogen-bond donors (Lipinski definition) is 2. The van der Waals surface area contributed by atoms with E-state index in [0.717, 1.165) is 24.2 Å². The summed E-state index contributed by atoms with van der Waals surface area (Å²) in [4.78, 5) is 0. The minimum atomic E-state index is -0.228. The highest BCUT2D eigenvalue weighted by Crippen LogP contribution is 2.42. The molecule has 0 bridgehead atoms. The molecule has 2 saturated carbocycles. The van der Waals surface area contributed by atoms with Gasteiger partial charge in [0.25, 0.3) is 0 Å². The van der Waals surface area contributed by atoms with Gasteiger partial charge >= 0.3 is 0 Å². The predicted molar refractivity (Wildman–Crippen MR) is 102 cm³/mol. The van der Waals surface area contributed by atoms with E-state index in [-0.39, 0.29) is 5.82 Å². The fourth-order valence-electron chi connectivity index (χ4n) is 3.94. The van der Waals surface area contributed by atoms with Crippen molar-refractivity contribution in [1.29, 1.82) is 0 Å². The molecule has 0 spiro atoms. The number of halogens is 1. The summed E-state index contributed by atoms with van der Waals surface area (Å²) >= 11 is 0. The van der Waals surface area contributed by atoms with Gasteiger partial charge in [-0.25, -0.2) is 4.39 Å². The van der Waals surface area contributed by atoms with Gasteiger partial charge in [0.1, 0.15) is 18.2 Å². The second-order valence-electron chi connectivity index (χ2n) is 7.71. The van der Waals surface area contributed by atoms with E-state index >= 15 is 0 Å². The summed E-state index contributed by atoms with van der Waals surface area (Å²) in [6, 6.07) is 16.5. The zero-order valence-electron chi connectivity index (χ0n) is 15.0. The SMILES string of the molecule is NC1CCC(NC2CC2c2ccc(OCc3cccc(F)c3)cc2)CC1. The molecule has 2 atom stereocenters. The molecule has 3 N–H and O–H groups in total. The Labute approximate surface area is 154 Å². The second kappa shape index (κ2) is 7.77. The van der Waals surface area contributed by atoms with Crippen molar-refractivity contribution >= 4 is 0 Å². The predicted octanol–water partition coefficient (Wildman–Crippen LogP) is 4.12. The molecule has 4 rings (SSSR count). The summed E-state index contributed by atoms with van der Waals surface area (Å²) in [5, 5.41) is 3.81. The standard InChI is InChI=1S/C22H27FN2O/c23-17-3-1-2-15(12-17)14-26-20-10-4-16(5-11-20)21-13-22(21)25-19-8-6-18(24)7-9-19/h1-5,10-12,18-19,21-22,25H,6-9,13-14,24H2. The molecule has 2 aliphatic carbocycles. The Bertz CT molecular complexity index is 725. The fourth-order valence-corrected chi connectivity index (χ4v) is 3.94. The average molecular weight is 354 g/mol. The van der Waals surface area contributed by atoms with E-state index in [4.69, 9.17) is 10.5 Å². The molecule has 2 fully saturated rings. The highest BCUT2D eigenvalue weighted by Gasteiger charge is 2.39. The van der Waals surface area contributed by atoms with Crippen molar-refractivity contribution in [1.82, 2.24) is 5.32 Å². The number of ether oxygens (including phenoxy) is 1. The lowest BCUT2D eigenvalue weighted by Gasteiger charge is -2.27. The molecule has 26 heavy (non-hydrogen) atoms. The summed E-state index contributed by atoms with van der Waals surface area (Å²) in [7, 11) is 0. The zero-order chi connectivity index (χ0) is 17.9. The van der Waals surface area contributed by atoms with Gasteiger partial charge in [-0.05, 0) is 67.5 Å². The first kappa shape index (κ1) is 17.5. The molecule has 2 unspecified atom stereocenters. The van der Waals surface area contributed by atoms with E-state index in [2.05, 4.69) is 17.4 Å². The molecule has 0 aliphatic heterocycles. The van der Waals surface area contributed by atoms with E-state index in [1.807, 2.05) is 18.2 Å². The van der Waals surface area contributed by atoms with Gasteiger partial charge in [0.2, 0.25) is 0 Å². The molecular formula is C22H27FN2O. The highest BCUT2D eigenvalue weighted by atomic mass is 19.1. The van der Waals surface area contributed by atoms with Crippen molar-refractivity contribution in [2.45, 2.75) is 62.8 Å². The summed E-state index contributed by atoms with van der Waals surface area (Å²) in [5.74, 6) is 1.21. The maximum atomic E-state index is 13.2. The maximum absolute atomic E-state index is 13.2. The van der Waals surface area contributed by atoms with Gasteiger partial charge in [0.05, 0.1) is 0 Å². The summed E-state index contributed by atoms with van der Waals surface area (Å²) < 4.78 is 19.0. The van der Waals surface area contributed by atoms with Crippen LogP contribution in [-0.2, 0) is 6.61 Å². The molecule has 0 heterocycles. The molecule has 2 aromatic rings. The third-order valence-corrected chi connectivity index (χ3v) is 5.61. The van der Waals surface area contributed by atoms with Gasteiger partial charge in [0.15, 0.2) is 0 Å².